The Morgan fingerprint density at radius 3 is 2.00 bits per heavy atom. The van der Waals surface area contributed by atoms with Crippen molar-refractivity contribution in [3.05, 3.63) is 0 Å². The van der Waals surface area contributed by atoms with Crippen LogP contribution in [0.1, 0.15) is 0 Å². The van der Waals surface area contributed by atoms with Crippen molar-refractivity contribution in [1.29, 1.82) is 0 Å². The fourth-order valence-electron chi connectivity index (χ4n) is 0. The maximum atomic E-state index is 7.91. The van der Waals surface area contributed by atoms with Crippen LogP contribution in [0, 0.1) is 0 Å². The van der Waals surface area contributed by atoms with Crippen LogP contribution in [0.25, 0.3) is 0 Å². The topological polar surface area (TPSA) is 20.2 Å². The molecule has 0 saturated carbocycles. The van der Waals surface area contributed by atoms with Crippen molar-refractivity contribution in [1.82, 2.24) is 0 Å². The summed E-state index contributed by atoms with van der Waals surface area (Å²) in [4.78, 5) is 0. The fraction of sp³-hybridized carbons (Fsp3) is 1.00. The van der Waals surface area contributed by atoms with Gasteiger partial charge in [-0.2, -0.15) is 0 Å². The van der Waals surface area contributed by atoms with Crippen LogP contribution in [0.15, 0.2) is 0 Å². The predicted molar refractivity (Wildman–Crippen MR) is 20.4 cm³/mol. The molecule has 0 unspecified atom stereocenters. The molecule has 1 N–H and O–H groups in total. The van der Waals surface area contributed by atoms with Crippen molar-refractivity contribution in [2.45, 2.75) is 4.37 Å². The molecular weight excluding hydrogens is 162 g/mol. The van der Waals surface area contributed by atoms with E-state index in [1.807, 2.05) is 0 Å². The minimum atomic E-state index is 0.377. The normalized spacial score (nSPS) is 7.50. The molecule has 4 heavy (non-hydrogen) atoms. The Kier molecular flexibility index (Phi) is 4.51. The van der Waals surface area contributed by atoms with Gasteiger partial charge in [-0.25, -0.2) is 0 Å². The summed E-state index contributed by atoms with van der Waals surface area (Å²) in [7, 11) is 0. The van der Waals surface area contributed by atoms with Crippen LogP contribution in [-0.2, 0) is 0 Å². The van der Waals surface area contributed by atoms with E-state index in [1.54, 1.807) is 0 Å². The van der Waals surface area contributed by atoms with Gasteiger partial charge in [0.1, 0.15) is 0 Å². The van der Waals surface area contributed by atoms with Crippen LogP contribution >= 0.6 is 0 Å². The SMILES string of the molecule is OC[CH2][SbH2]. The summed E-state index contributed by atoms with van der Waals surface area (Å²) in [6, 6.07) is 0. The van der Waals surface area contributed by atoms with Gasteiger partial charge in [-0.1, -0.05) is 0 Å². The fourth-order valence-corrected chi connectivity index (χ4v) is 0. The minimum absolute atomic E-state index is 0.377. The van der Waals surface area contributed by atoms with Gasteiger partial charge in [0.05, 0.1) is 0 Å². The van der Waals surface area contributed by atoms with Crippen LogP contribution < -0.4 is 0 Å². The van der Waals surface area contributed by atoms with Crippen LogP contribution in [0.4, 0.5) is 0 Å². The van der Waals surface area contributed by atoms with Gasteiger partial charge in [-0.05, 0) is 0 Å². The van der Waals surface area contributed by atoms with Crippen molar-refractivity contribution < 1.29 is 5.11 Å². The molecule has 0 radical (unpaired) electrons. The van der Waals surface area contributed by atoms with E-state index in [0.29, 0.717) is 6.61 Å². The molecule has 26 valence electrons. The first-order chi connectivity index (χ1) is 1.91. The summed E-state index contributed by atoms with van der Waals surface area (Å²) < 4.78 is 1.00. The molecule has 0 heterocycles. The zero-order valence-corrected chi connectivity index (χ0v) is 5.73. The Bertz CT molecular complexity index is 8.00. The molecule has 0 fully saturated rings. The quantitative estimate of drug-likeness (QED) is 0.500. The standard InChI is InChI=1S/C2H5O.Sb.2H/c1-2-3;;;/h3H,1-2H2;;;. The van der Waals surface area contributed by atoms with Gasteiger partial charge in [0.2, 0.25) is 0 Å². The van der Waals surface area contributed by atoms with Crippen LogP contribution in [-0.4, -0.2) is 34.7 Å². The van der Waals surface area contributed by atoms with Crippen molar-refractivity contribution in [3.63, 3.8) is 0 Å². The molecule has 0 aromatic carbocycles. The van der Waals surface area contributed by atoms with Gasteiger partial charge < -0.3 is 0 Å². The number of hydrogen-bond donors (Lipinski definition) is 1. The average Bonchev–Trinajstić information content (AvgIpc) is 1.37. The molecule has 0 spiro atoms. The summed E-state index contributed by atoms with van der Waals surface area (Å²) in [5.74, 6) is 0. The van der Waals surface area contributed by atoms with E-state index in [9.17, 15) is 0 Å². The third-order valence-electron chi connectivity index (χ3n) is 0.129. The van der Waals surface area contributed by atoms with E-state index in [0.717, 1.165) is 4.37 Å². The van der Waals surface area contributed by atoms with Crippen molar-refractivity contribution in [2.24, 2.45) is 0 Å². The number of rotatable bonds is 1. The van der Waals surface area contributed by atoms with Crippen molar-refractivity contribution >= 4 is 23.0 Å². The van der Waals surface area contributed by atoms with Crippen LogP contribution in [0.2, 0.25) is 4.37 Å². The summed E-state index contributed by atoms with van der Waals surface area (Å²) in [5, 5.41) is 7.91. The number of aliphatic hydroxyl groups excluding tert-OH is 1. The van der Waals surface area contributed by atoms with Crippen molar-refractivity contribution in [2.75, 3.05) is 6.61 Å². The van der Waals surface area contributed by atoms with Gasteiger partial charge in [0.15, 0.2) is 0 Å². The molecule has 0 aromatic heterocycles. The van der Waals surface area contributed by atoms with Gasteiger partial charge in [-0.3, -0.25) is 0 Å². The average molecular weight is 169 g/mol. The summed E-state index contributed by atoms with van der Waals surface area (Å²) in [6.45, 7) is 0.377. The first kappa shape index (κ1) is 4.78. The van der Waals surface area contributed by atoms with E-state index in [1.165, 1.54) is 23.0 Å². The number of hydrogen-bond acceptors (Lipinski definition) is 1. The van der Waals surface area contributed by atoms with Crippen molar-refractivity contribution in [3.8, 4) is 0 Å². The molecule has 2 heteroatoms. The van der Waals surface area contributed by atoms with Crippen LogP contribution in [0.5, 0.6) is 0 Å². The van der Waals surface area contributed by atoms with E-state index in [-0.39, 0.29) is 0 Å². The Morgan fingerprint density at radius 2 is 2.00 bits per heavy atom. The molecule has 0 saturated heterocycles. The zero-order valence-electron chi connectivity index (χ0n) is 2.44. The molecule has 0 bridgehead atoms. The first-order valence-corrected chi connectivity index (χ1v) is 3.55. The Morgan fingerprint density at radius 1 is 1.75 bits per heavy atom. The van der Waals surface area contributed by atoms with E-state index in [2.05, 4.69) is 0 Å². The third-order valence-corrected chi connectivity index (χ3v) is 0.866. The Hall–Kier alpha value is 0.778. The molecule has 0 rings (SSSR count). The molecule has 1 nitrogen and oxygen atoms in total. The molecule has 0 aliphatic rings. The maximum absolute atomic E-state index is 7.91. The second-order valence-corrected chi connectivity index (χ2v) is 2.16. The number of aliphatic hydroxyl groups is 1. The Labute approximate surface area is 39.5 Å². The van der Waals surface area contributed by atoms with E-state index < -0.39 is 0 Å². The molecule has 0 aliphatic carbocycles. The summed E-state index contributed by atoms with van der Waals surface area (Å²) in [5.41, 5.74) is 0. The second kappa shape index (κ2) is 3.78. The molecule has 0 aliphatic heterocycles. The zero-order chi connectivity index (χ0) is 3.41. The molecule has 0 amide bonds. The summed E-state index contributed by atoms with van der Waals surface area (Å²) in [6.07, 6.45) is 0. The molecular formula is C2H7OSb. The van der Waals surface area contributed by atoms with Gasteiger partial charge >= 0.3 is 39.1 Å². The van der Waals surface area contributed by atoms with Gasteiger partial charge in [0, 0.05) is 0 Å². The summed E-state index contributed by atoms with van der Waals surface area (Å²) >= 11 is 1.19. The first-order valence-electron chi connectivity index (χ1n) is 1.22. The van der Waals surface area contributed by atoms with Gasteiger partial charge in [-0.15, -0.1) is 0 Å². The van der Waals surface area contributed by atoms with E-state index in [4.69, 9.17) is 5.11 Å². The molecule has 0 atom stereocenters. The third kappa shape index (κ3) is 2.78. The predicted octanol–water partition coefficient (Wildman–Crippen LogP) is -0.970. The Balaban J connectivity index is 1.97. The second-order valence-electron chi connectivity index (χ2n) is 0.512. The van der Waals surface area contributed by atoms with E-state index >= 15 is 0 Å². The van der Waals surface area contributed by atoms with Crippen LogP contribution in [0.3, 0.4) is 0 Å². The van der Waals surface area contributed by atoms with Gasteiger partial charge in [0.25, 0.3) is 0 Å². The monoisotopic (exact) mass is 168 g/mol. The molecule has 0 aromatic rings.